The number of aliphatic hydroxyl groups excluding tert-OH is 1. The summed E-state index contributed by atoms with van der Waals surface area (Å²) in [6.45, 7) is 4.76. The molecule has 0 saturated heterocycles. The smallest absolute Gasteiger partial charge is 0.200 e. The lowest BCUT2D eigenvalue weighted by Gasteiger charge is -2.40. The molecule has 0 amide bonds. The highest BCUT2D eigenvalue weighted by Gasteiger charge is 2.39. The van der Waals surface area contributed by atoms with Crippen molar-refractivity contribution in [3.63, 3.8) is 0 Å². The van der Waals surface area contributed by atoms with Gasteiger partial charge in [-0.3, -0.25) is 4.90 Å². The molecule has 2 aromatic rings. The van der Waals surface area contributed by atoms with Gasteiger partial charge in [0.05, 0.1) is 6.61 Å². The molecule has 0 aromatic heterocycles. The molecule has 0 aliphatic carbocycles. The van der Waals surface area contributed by atoms with Crippen molar-refractivity contribution < 1.29 is 27.1 Å². The molecule has 2 rings (SSSR count). The van der Waals surface area contributed by atoms with Gasteiger partial charge in [0.25, 0.3) is 0 Å². The summed E-state index contributed by atoms with van der Waals surface area (Å²) in [4.78, 5) is 1.52. The van der Waals surface area contributed by atoms with Crippen LogP contribution < -0.4 is 0 Å². The number of aliphatic hydroxyl groups is 1. The summed E-state index contributed by atoms with van der Waals surface area (Å²) in [5.41, 5.74) is -0.991. The second kappa shape index (κ2) is 8.35. The zero-order chi connectivity index (χ0) is 20.4. The van der Waals surface area contributed by atoms with Crippen LogP contribution in [-0.2, 0) is 6.54 Å². The van der Waals surface area contributed by atoms with Gasteiger partial charge in [-0.2, -0.15) is 0 Å². The molecule has 7 heteroatoms. The Hall–Kier alpha value is -1.99. The van der Waals surface area contributed by atoms with E-state index in [-0.39, 0.29) is 19.7 Å². The Labute approximate surface area is 155 Å². The summed E-state index contributed by atoms with van der Waals surface area (Å²) in [5, 5.41) is 9.43. The van der Waals surface area contributed by atoms with Crippen LogP contribution in [0.5, 0.6) is 0 Å². The van der Waals surface area contributed by atoms with Gasteiger partial charge in [0, 0.05) is 24.7 Å². The average Bonchev–Trinajstić information content (AvgIpc) is 2.61. The van der Waals surface area contributed by atoms with Crippen LogP contribution in [0.1, 0.15) is 37.9 Å². The minimum atomic E-state index is -2.18. The Morgan fingerprint density at radius 3 is 1.78 bits per heavy atom. The van der Waals surface area contributed by atoms with Crippen LogP contribution >= 0.6 is 0 Å². The summed E-state index contributed by atoms with van der Waals surface area (Å²) >= 11 is 0. The SMILES string of the molecule is CC(C)(C)C(c1c(F)c(F)c(F)c(F)c1F)N(CCO)Cc1ccccc1. The third-order valence-electron chi connectivity index (χ3n) is 4.32. The van der Waals surface area contributed by atoms with Gasteiger partial charge in [0.15, 0.2) is 23.3 Å². The highest BCUT2D eigenvalue weighted by molar-refractivity contribution is 5.29. The van der Waals surface area contributed by atoms with Crippen LogP contribution in [0, 0.1) is 34.5 Å². The van der Waals surface area contributed by atoms with E-state index in [9.17, 15) is 27.1 Å². The van der Waals surface area contributed by atoms with E-state index in [1.165, 1.54) is 4.90 Å². The second-order valence-electron chi connectivity index (χ2n) is 7.43. The first-order valence-electron chi connectivity index (χ1n) is 8.49. The van der Waals surface area contributed by atoms with Crippen molar-refractivity contribution in [3.05, 3.63) is 70.5 Å². The van der Waals surface area contributed by atoms with E-state index in [0.717, 1.165) is 5.56 Å². The third-order valence-corrected chi connectivity index (χ3v) is 4.32. The Morgan fingerprint density at radius 1 is 0.852 bits per heavy atom. The molecular weight excluding hydrogens is 365 g/mol. The average molecular weight is 387 g/mol. The van der Waals surface area contributed by atoms with Crippen LogP contribution in [0.3, 0.4) is 0 Å². The molecule has 0 radical (unpaired) electrons. The van der Waals surface area contributed by atoms with Crippen LogP contribution in [0.2, 0.25) is 0 Å². The predicted octanol–water partition coefficient (Wildman–Crippen LogP) is 4.96. The van der Waals surface area contributed by atoms with Gasteiger partial charge in [0.2, 0.25) is 5.82 Å². The van der Waals surface area contributed by atoms with E-state index in [2.05, 4.69) is 0 Å². The minimum Gasteiger partial charge on any atom is -0.395 e. The molecular formula is C20H22F5NO. The van der Waals surface area contributed by atoms with Crippen molar-refractivity contribution >= 4 is 0 Å². The molecule has 2 nitrogen and oxygen atoms in total. The van der Waals surface area contributed by atoms with Gasteiger partial charge in [-0.05, 0) is 11.0 Å². The first-order chi connectivity index (χ1) is 12.6. The maximum Gasteiger partial charge on any atom is 0.200 e. The third kappa shape index (κ3) is 4.47. The van der Waals surface area contributed by atoms with Crippen LogP contribution in [-0.4, -0.2) is 23.2 Å². The second-order valence-corrected chi connectivity index (χ2v) is 7.43. The van der Waals surface area contributed by atoms with E-state index >= 15 is 0 Å². The van der Waals surface area contributed by atoms with E-state index < -0.39 is 46.1 Å². The molecule has 1 N–H and O–H groups in total. The molecule has 0 aliphatic heterocycles. The standard InChI is InChI=1S/C20H22F5NO/c1-20(2,3)19(13-14(21)16(23)18(25)17(24)15(13)22)26(9-10-27)11-12-7-5-4-6-8-12/h4-8,19,27H,9-11H2,1-3H3. The van der Waals surface area contributed by atoms with E-state index in [0.29, 0.717) is 0 Å². The topological polar surface area (TPSA) is 23.5 Å². The number of halogens is 5. The van der Waals surface area contributed by atoms with Gasteiger partial charge in [-0.25, -0.2) is 22.0 Å². The van der Waals surface area contributed by atoms with Gasteiger partial charge in [0.1, 0.15) is 0 Å². The van der Waals surface area contributed by atoms with Gasteiger partial charge < -0.3 is 5.11 Å². The van der Waals surface area contributed by atoms with Crippen molar-refractivity contribution in [2.24, 2.45) is 5.41 Å². The predicted molar refractivity (Wildman–Crippen MR) is 92.4 cm³/mol. The molecule has 0 bridgehead atoms. The highest BCUT2D eigenvalue weighted by atomic mass is 19.2. The fraction of sp³-hybridized carbons (Fsp3) is 0.400. The fourth-order valence-corrected chi connectivity index (χ4v) is 3.27. The number of hydrogen-bond acceptors (Lipinski definition) is 2. The lowest BCUT2D eigenvalue weighted by Crippen LogP contribution is -2.40. The summed E-state index contributed by atoms with van der Waals surface area (Å²) < 4.78 is 70.1. The number of benzene rings is 2. The maximum absolute atomic E-state index is 14.5. The quantitative estimate of drug-likeness (QED) is 0.430. The molecule has 1 atom stereocenters. The van der Waals surface area contributed by atoms with Crippen molar-refractivity contribution in [3.8, 4) is 0 Å². The number of rotatable bonds is 6. The largest absolute Gasteiger partial charge is 0.395 e. The minimum absolute atomic E-state index is 0.00365. The zero-order valence-electron chi connectivity index (χ0n) is 15.4. The molecule has 148 valence electrons. The Morgan fingerprint density at radius 2 is 1.33 bits per heavy atom. The van der Waals surface area contributed by atoms with Crippen LogP contribution in [0.25, 0.3) is 0 Å². The van der Waals surface area contributed by atoms with E-state index in [4.69, 9.17) is 0 Å². The Bertz CT molecular complexity index is 760. The highest BCUT2D eigenvalue weighted by Crippen LogP contribution is 2.42. The van der Waals surface area contributed by atoms with Crippen molar-refractivity contribution in [1.82, 2.24) is 4.90 Å². The number of nitrogens with zero attached hydrogens (tertiary/aromatic N) is 1. The van der Waals surface area contributed by atoms with Crippen molar-refractivity contribution in [2.75, 3.05) is 13.2 Å². The van der Waals surface area contributed by atoms with E-state index in [1.54, 1.807) is 51.1 Å². The summed E-state index contributed by atoms with van der Waals surface area (Å²) in [6, 6.07) is 7.75. The van der Waals surface area contributed by atoms with E-state index in [1.807, 2.05) is 0 Å². The fourth-order valence-electron chi connectivity index (χ4n) is 3.27. The molecule has 0 aliphatic rings. The van der Waals surface area contributed by atoms with Gasteiger partial charge in [-0.1, -0.05) is 51.1 Å². The molecule has 0 fully saturated rings. The van der Waals surface area contributed by atoms with Gasteiger partial charge >= 0.3 is 0 Å². The summed E-state index contributed by atoms with van der Waals surface area (Å²) in [5.74, 6) is -9.81. The Balaban J connectivity index is 2.64. The summed E-state index contributed by atoms with van der Waals surface area (Å²) in [7, 11) is 0. The van der Waals surface area contributed by atoms with Crippen LogP contribution in [0.15, 0.2) is 30.3 Å². The molecule has 27 heavy (non-hydrogen) atoms. The van der Waals surface area contributed by atoms with Crippen LogP contribution in [0.4, 0.5) is 22.0 Å². The summed E-state index contributed by atoms with van der Waals surface area (Å²) in [6.07, 6.45) is 0. The van der Waals surface area contributed by atoms with Crippen molar-refractivity contribution in [2.45, 2.75) is 33.4 Å². The normalized spacial score (nSPS) is 13.3. The van der Waals surface area contributed by atoms with Crippen molar-refractivity contribution in [1.29, 1.82) is 0 Å². The first-order valence-corrected chi connectivity index (χ1v) is 8.49. The molecule has 2 aromatic carbocycles. The molecule has 1 unspecified atom stereocenters. The monoisotopic (exact) mass is 387 g/mol. The molecule has 0 heterocycles. The number of hydrogen-bond donors (Lipinski definition) is 1. The maximum atomic E-state index is 14.5. The van der Waals surface area contributed by atoms with Gasteiger partial charge in [-0.15, -0.1) is 0 Å². The lowest BCUT2D eigenvalue weighted by molar-refractivity contribution is 0.0655. The molecule has 0 spiro atoms. The first kappa shape index (κ1) is 21.3. The molecule has 0 saturated carbocycles. The lowest BCUT2D eigenvalue weighted by atomic mass is 9.80. The Kier molecular flexibility index (Phi) is 6.59. The zero-order valence-corrected chi connectivity index (χ0v) is 15.4.